The first-order valence-electron chi connectivity index (χ1n) is 7.89. The van der Waals surface area contributed by atoms with Crippen LogP contribution >= 0.6 is 0 Å². The summed E-state index contributed by atoms with van der Waals surface area (Å²) in [6, 6.07) is 14.9. The Morgan fingerprint density at radius 3 is 2.52 bits per heavy atom. The van der Waals surface area contributed by atoms with E-state index in [-0.39, 0.29) is 0 Å². The van der Waals surface area contributed by atoms with Crippen LogP contribution in [0, 0.1) is 5.41 Å². The third-order valence-corrected chi connectivity index (χ3v) is 4.85. The molecule has 0 N–H and O–H groups in total. The molecule has 0 radical (unpaired) electrons. The summed E-state index contributed by atoms with van der Waals surface area (Å²) in [7, 11) is 2.82. The van der Waals surface area contributed by atoms with Crippen LogP contribution in [0.15, 0.2) is 54.6 Å². The van der Waals surface area contributed by atoms with Crippen LogP contribution < -0.4 is 9.47 Å². The maximum atomic E-state index is 12.7. The first-order chi connectivity index (χ1) is 12.1. The highest BCUT2D eigenvalue weighted by molar-refractivity contribution is 6.13. The molecule has 25 heavy (non-hydrogen) atoms. The van der Waals surface area contributed by atoms with E-state index in [1.54, 1.807) is 31.4 Å². The lowest BCUT2D eigenvalue weighted by atomic mass is 9.56. The van der Waals surface area contributed by atoms with E-state index in [2.05, 4.69) is 0 Å². The first kappa shape index (κ1) is 15.4. The second-order valence-corrected chi connectivity index (χ2v) is 6.02. The fourth-order valence-corrected chi connectivity index (χ4v) is 3.69. The standard InChI is InChI=1S/C20H16O5/c1-23-14-9-6-10-15-16(14)17-13(12-7-4-3-5-8-12)11-20(17,18(21)24-2)19(22)25-15/h3-11,17H,1-2H3/t17-,20-/m1/s1. The average Bonchev–Trinajstić information content (AvgIpc) is 2.62. The van der Waals surface area contributed by atoms with Crippen molar-refractivity contribution in [2.75, 3.05) is 14.2 Å². The van der Waals surface area contributed by atoms with Crippen LogP contribution in [0.25, 0.3) is 5.57 Å². The third kappa shape index (κ3) is 1.95. The van der Waals surface area contributed by atoms with Crippen molar-refractivity contribution < 1.29 is 23.8 Å². The van der Waals surface area contributed by atoms with Gasteiger partial charge in [0.25, 0.3) is 0 Å². The molecule has 0 aromatic heterocycles. The number of carbonyl (C=O) groups excluding carboxylic acids is 2. The third-order valence-electron chi connectivity index (χ3n) is 4.85. The van der Waals surface area contributed by atoms with E-state index in [9.17, 15) is 9.59 Å². The van der Waals surface area contributed by atoms with Gasteiger partial charge in [0.05, 0.1) is 14.2 Å². The van der Waals surface area contributed by atoms with Crippen molar-refractivity contribution in [3.63, 3.8) is 0 Å². The predicted molar refractivity (Wildman–Crippen MR) is 90.2 cm³/mol. The Labute approximate surface area is 144 Å². The van der Waals surface area contributed by atoms with Crippen LogP contribution in [0.3, 0.4) is 0 Å². The maximum Gasteiger partial charge on any atom is 0.333 e. The van der Waals surface area contributed by atoms with E-state index in [1.165, 1.54) is 7.11 Å². The number of hydrogen-bond donors (Lipinski definition) is 0. The van der Waals surface area contributed by atoms with Crippen molar-refractivity contribution in [1.29, 1.82) is 0 Å². The number of esters is 2. The van der Waals surface area contributed by atoms with Gasteiger partial charge in [0.2, 0.25) is 0 Å². The minimum absolute atomic E-state index is 0.412. The van der Waals surface area contributed by atoms with Gasteiger partial charge in [0.15, 0.2) is 5.41 Å². The van der Waals surface area contributed by atoms with Gasteiger partial charge in [-0.3, -0.25) is 9.59 Å². The number of rotatable bonds is 3. The molecule has 2 atom stereocenters. The number of hydrogen-bond acceptors (Lipinski definition) is 5. The molecule has 5 heteroatoms. The highest BCUT2D eigenvalue weighted by Gasteiger charge is 2.64. The summed E-state index contributed by atoms with van der Waals surface area (Å²) in [5.74, 6) is -0.765. The topological polar surface area (TPSA) is 61.8 Å². The summed E-state index contributed by atoms with van der Waals surface area (Å²) in [4.78, 5) is 25.2. The van der Waals surface area contributed by atoms with Crippen molar-refractivity contribution in [1.82, 2.24) is 0 Å². The lowest BCUT2D eigenvalue weighted by molar-refractivity contribution is -0.164. The molecule has 0 spiro atoms. The number of allylic oxidation sites excluding steroid dienone is 1. The Kier molecular flexibility index (Phi) is 3.39. The van der Waals surface area contributed by atoms with Gasteiger partial charge in [0, 0.05) is 11.5 Å². The Morgan fingerprint density at radius 2 is 1.84 bits per heavy atom. The Morgan fingerprint density at radius 1 is 1.08 bits per heavy atom. The molecule has 1 heterocycles. The SMILES string of the molecule is COC(=O)[C@@]12C=C(c3ccccc3)[C@@H]1c1c(OC)cccc1OC2=O. The molecule has 0 bridgehead atoms. The molecule has 4 rings (SSSR count). The van der Waals surface area contributed by atoms with E-state index in [0.717, 1.165) is 11.1 Å². The lowest BCUT2D eigenvalue weighted by Gasteiger charge is -2.47. The molecular formula is C20H16O5. The summed E-state index contributed by atoms with van der Waals surface area (Å²) in [5.41, 5.74) is 1.05. The van der Waals surface area contributed by atoms with Gasteiger partial charge in [0.1, 0.15) is 11.5 Å². The summed E-state index contributed by atoms with van der Waals surface area (Å²) < 4.78 is 15.9. The molecule has 1 aliphatic heterocycles. The Bertz CT molecular complexity index is 900. The average molecular weight is 336 g/mol. The van der Waals surface area contributed by atoms with Crippen molar-refractivity contribution in [2.45, 2.75) is 5.92 Å². The van der Waals surface area contributed by atoms with E-state index >= 15 is 0 Å². The van der Waals surface area contributed by atoms with Crippen LogP contribution in [0.4, 0.5) is 0 Å². The second-order valence-electron chi connectivity index (χ2n) is 6.02. The molecule has 1 aliphatic carbocycles. The molecule has 0 saturated carbocycles. The number of methoxy groups -OCH3 is 2. The number of carbonyl (C=O) groups is 2. The normalized spacial score (nSPS) is 23.4. The molecule has 5 nitrogen and oxygen atoms in total. The molecule has 0 amide bonds. The molecule has 2 aromatic carbocycles. The molecule has 0 unspecified atom stereocenters. The van der Waals surface area contributed by atoms with Crippen LogP contribution in [0.2, 0.25) is 0 Å². The largest absolute Gasteiger partial charge is 0.496 e. The van der Waals surface area contributed by atoms with Gasteiger partial charge in [-0.15, -0.1) is 0 Å². The second kappa shape index (κ2) is 5.48. The molecular weight excluding hydrogens is 320 g/mol. The van der Waals surface area contributed by atoms with E-state index < -0.39 is 23.3 Å². The highest BCUT2D eigenvalue weighted by atomic mass is 16.6. The van der Waals surface area contributed by atoms with Crippen molar-refractivity contribution in [2.24, 2.45) is 5.41 Å². The summed E-state index contributed by atoms with van der Waals surface area (Å²) in [6.07, 6.45) is 1.65. The number of fused-ring (bicyclic) bond motifs is 3. The Balaban J connectivity index is 1.98. The van der Waals surface area contributed by atoms with Crippen LogP contribution in [-0.2, 0) is 14.3 Å². The minimum atomic E-state index is -1.47. The van der Waals surface area contributed by atoms with Gasteiger partial charge < -0.3 is 14.2 Å². The summed E-state index contributed by atoms with van der Waals surface area (Å²) in [6.45, 7) is 0. The molecule has 0 fully saturated rings. The van der Waals surface area contributed by atoms with Crippen LogP contribution in [-0.4, -0.2) is 26.2 Å². The van der Waals surface area contributed by atoms with E-state index in [4.69, 9.17) is 14.2 Å². The van der Waals surface area contributed by atoms with E-state index in [1.807, 2.05) is 30.3 Å². The molecule has 2 aromatic rings. The number of ether oxygens (including phenoxy) is 3. The van der Waals surface area contributed by atoms with Gasteiger partial charge >= 0.3 is 11.9 Å². The van der Waals surface area contributed by atoms with Gasteiger partial charge in [-0.1, -0.05) is 42.5 Å². The van der Waals surface area contributed by atoms with Gasteiger partial charge in [-0.05, 0) is 23.3 Å². The van der Waals surface area contributed by atoms with Crippen LogP contribution in [0.1, 0.15) is 17.0 Å². The number of benzene rings is 2. The van der Waals surface area contributed by atoms with Crippen molar-refractivity contribution in [3.8, 4) is 11.5 Å². The molecule has 0 saturated heterocycles. The maximum absolute atomic E-state index is 12.7. The van der Waals surface area contributed by atoms with Crippen molar-refractivity contribution >= 4 is 17.5 Å². The molecule has 126 valence electrons. The fourth-order valence-electron chi connectivity index (χ4n) is 3.69. The quantitative estimate of drug-likeness (QED) is 0.490. The minimum Gasteiger partial charge on any atom is -0.496 e. The zero-order chi connectivity index (χ0) is 17.6. The zero-order valence-electron chi connectivity index (χ0n) is 13.8. The van der Waals surface area contributed by atoms with E-state index in [0.29, 0.717) is 17.1 Å². The smallest absolute Gasteiger partial charge is 0.333 e. The first-order valence-corrected chi connectivity index (χ1v) is 7.89. The van der Waals surface area contributed by atoms with Gasteiger partial charge in [-0.2, -0.15) is 0 Å². The van der Waals surface area contributed by atoms with Crippen molar-refractivity contribution in [3.05, 3.63) is 65.7 Å². The highest BCUT2D eigenvalue weighted by Crippen LogP contribution is 2.62. The lowest BCUT2D eigenvalue weighted by Crippen LogP contribution is -2.54. The summed E-state index contributed by atoms with van der Waals surface area (Å²) >= 11 is 0. The fraction of sp³-hybridized carbons (Fsp3) is 0.200. The Hall–Kier alpha value is -3.08. The summed E-state index contributed by atoms with van der Waals surface area (Å²) in [5, 5.41) is 0. The van der Waals surface area contributed by atoms with Gasteiger partial charge in [-0.25, -0.2) is 0 Å². The predicted octanol–water partition coefficient (Wildman–Crippen LogP) is 2.95. The molecule has 2 aliphatic rings. The zero-order valence-corrected chi connectivity index (χ0v) is 13.8. The van der Waals surface area contributed by atoms with Crippen LogP contribution in [0.5, 0.6) is 11.5 Å². The monoisotopic (exact) mass is 336 g/mol.